The van der Waals surface area contributed by atoms with Crippen LogP contribution >= 0.6 is 0 Å². The molecule has 6 saturated carbocycles. The third-order valence-corrected chi connectivity index (χ3v) is 16.2. The minimum Gasteiger partial charge on any atom is -0.508 e. The highest BCUT2D eigenvalue weighted by Gasteiger charge is 2.56. The minimum atomic E-state index is -0.283. The molecule has 8 aromatic rings. The van der Waals surface area contributed by atoms with Gasteiger partial charge in [0.1, 0.15) is 29.0 Å². The number of phenolic OH excluding ortho intramolecular Hbond substituents is 1. The molecule has 1 N–H and O–H groups in total. The molecule has 0 radical (unpaired) electrons. The van der Waals surface area contributed by atoms with Crippen molar-refractivity contribution in [1.82, 2.24) is 49.8 Å². The first-order valence-electron chi connectivity index (χ1n) is 23.7. The second-order valence-electron chi connectivity index (χ2n) is 20.1. The number of hydrogen-bond donors (Lipinski definition) is 1. The quantitative estimate of drug-likeness (QED) is 0.155. The number of halogens is 2. The zero-order valence-electron chi connectivity index (χ0n) is 39.1. The Morgan fingerprint density at radius 3 is 1.26 bits per heavy atom. The van der Waals surface area contributed by atoms with E-state index < -0.39 is 0 Å². The van der Waals surface area contributed by atoms with Crippen molar-refractivity contribution >= 4 is 0 Å². The minimum absolute atomic E-state index is 0.00756. The molecule has 4 aromatic carbocycles. The predicted molar refractivity (Wildman–Crippen MR) is 250 cm³/mol. The number of aromatic nitrogens is 10. The Labute approximate surface area is 393 Å². The first-order chi connectivity index (χ1) is 32.8. The molecule has 0 unspecified atom stereocenters. The second kappa shape index (κ2) is 16.4. The van der Waals surface area contributed by atoms with Crippen LogP contribution in [0.15, 0.2) is 94.0 Å². The van der Waals surface area contributed by atoms with Gasteiger partial charge < -0.3 is 23.3 Å². The van der Waals surface area contributed by atoms with E-state index in [4.69, 9.17) is 24.1 Å². The van der Waals surface area contributed by atoms with Crippen LogP contribution in [0.3, 0.4) is 0 Å². The van der Waals surface area contributed by atoms with Gasteiger partial charge >= 0.3 is 0 Å². The van der Waals surface area contributed by atoms with Gasteiger partial charge in [0, 0.05) is 58.0 Å². The Morgan fingerprint density at radius 2 is 0.868 bits per heavy atom. The Balaban J connectivity index is 0.000000149. The highest BCUT2D eigenvalue weighted by atomic mass is 19.1. The van der Waals surface area contributed by atoms with Gasteiger partial charge in [-0.1, -0.05) is 34.1 Å². The van der Waals surface area contributed by atoms with E-state index in [0.29, 0.717) is 23.4 Å². The number of fused-ring (bicyclic) bond motifs is 6. The van der Waals surface area contributed by atoms with Crippen LogP contribution < -0.4 is 0 Å². The molecule has 6 fully saturated rings. The maximum absolute atomic E-state index is 13.3. The number of nitrogens with zero attached hydrogens (tertiary/aromatic N) is 10. The highest BCUT2D eigenvalue weighted by Crippen LogP contribution is 2.59. The van der Waals surface area contributed by atoms with E-state index in [1.54, 1.807) is 36.4 Å². The number of aryl methyl sites for hydroxylation is 3. The Morgan fingerprint density at radius 1 is 0.485 bits per heavy atom. The van der Waals surface area contributed by atoms with Crippen molar-refractivity contribution in [3.63, 3.8) is 0 Å². The van der Waals surface area contributed by atoms with Crippen molar-refractivity contribution in [1.29, 1.82) is 0 Å². The van der Waals surface area contributed by atoms with E-state index in [0.717, 1.165) is 128 Å². The Bertz CT molecular complexity index is 2910. The summed E-state index contributed by atoms with van der Waals surface area (Å²) in [5, 5.41) is 36.7. The van der Waals surface area contributed by atoms with Crippen LogP contribution in [0.4, 0.5) is 8.78 Å². The lowest BCUT2D eigenvalue weighted by Crippen LogP contribution is -2.47. The summed E-state index contributed by atoms with van der Waals surface area (Å²) in [7, 11) is 4.14. The molecule has 348 valence electrons. The zero-order valence-corrected chi connectivity index (χ0v) is 39.1. The lowest BCUT2D eigenvalue weighted by Gasteiger charge is -2.51. The molecule has 4 bridgehead atoms. The molecule has 4 heterocycles. The van der Waals surface area contributed by atoms with Crippen LogP contribution in [0.5, 0.6) is 5.75 Å². The van der Waals surface area contributed by atoms with Crippen LogP contribution in [-0.4, -0.2) is 54.9 Å². The molecule has 0 spiro atoms. The number of rotatable bonds is 8. The van der Waals surface area contributed by atoms with Gasteiger partial charge in [0.2, 0.25) is 23.4 Å². The van der Waals surface area contributed by atoms with Crippen molar-refractivity contribution in [2.24, 2.45) is 14.1 Å². The molecule has 4 aromatic heterocycles. The number of benzene rings is 4. The van der Waals surface area contributed by atoms with Crippen LogP contribution in [0.1, 0.15) is 117 Å². The fraction of sp³-hybridized carbons (Fsp3) is 0.396. The van der Waals surface area contributed by atoms with Gasteiger partial charge in [0.15, 0.2) is 11.6 Å². The normalized spacial score (nSPS) is 24.0. The third-order valence-electron chi connectivity index (χ3n) is 16.2. The van der Waals surface area contributed by atoms with Gasteiger partial charge in [-0.15, -0.1) is 20.4 Å². The van der Waals surface area contributed by atoms with E-state index in [1.165, 1.54) is 35.4 Å². The van der Waals surface area contributed by atoms with Gasteiger partial charge in [-0.3, -0.25) is 0 Å². The number of phenols is 1. The van der Waals surface area contributed by atoms with Crippen molar-refractivity contribution in [3.8, 4) is 51.3 Å². The summed E-state index contributed by atoms with van der Waals surface area (Å²) in [5.74, 6) is 6.02. The van der Waals surface area contributed by atoms with E-state index in [2.05, 4.69) is 73.8 Å². The summed E-state index contributed by atoms with van der Waals surface area (Å²) in [6.45, 7) is 6.22. The number of aromatic hydroxyl groups is 1. The topological polar surface area (TPSA) is 159 Å². The average molecular weight is 917 g/mol. The molecule has 0 amide bonds. The maximum atomic E-state index is 13.3. The molecule has 0 atom stereocenters. The Kier molecular flexibility index (Phi) is 10.5. The van der Waals surface area contributed by atoms with Crippen LogP contribution in [-0.2, 0) is 35.8 Å². The van der Waals surface area contributed by atoms with Crippen molar-refractivity contribution < 1.29 is 22.9 Å². The van der Waals surface area contributed by atoms with Gasteiger partial charge in [-0.05, 0) is 176 Å². The maximum Gasteiger partial charge on any atom is 0.233 e. The molecule has 15 heteroatoms. The molecular weight excluding hydrogens is 863 g/mol. The largest absolute Gasteiger partial charge is 0.508 e. The van der Waals surface area contributed by atoms with Crippen molar-refractivity contribution in [3.05, 3.63) is 137 Å². The smallest absolute Gasteiger partial charge is 0.233 e. The van der Waals surface area contributed by atoms with Crippen LogP contribution in [0.25, 0.3) is 45.6 Å². The molecule has 0 aliphatic heterocycles. The van der Waals surface area contributed by atoms with Gasteiger partial charge in [0.05, 0.1) is 0 Å². The standard InChI is InChI=1S/C27H28FN5O.C26H26FN5O2/c1-17-4-9-21(18(2)16-17)23-30-31-24(33(23)3)26-10-13-27(14-11-26,15-12-26)25-29-22(32-34-25)19-5-7-20(28)8-6-19;1-16-15-19(33)7-8-20(16)22-29-30-23(32(22)2)25-9-12-26(13-10-25,14-11-25)24-28-21(31-34-24)17-3-5-18(27)6-4-17/h4-9,16H,10-15H2,1-3H3;3-8,15,33H,9-14H2,1-2H3. The van der Waals surface area contributed by atoms with Crippen LogP contribution in [0.2, 0.25) is 0 Å². The molecule has 0 saturated heterocycles. The van der Waals surface area contributed by atoms with Crippen molar-refractivity contribution in [2.45, 2.75) is 119 Å². The molecule has 13 nitrogen and oxygen atoms in total. The summed E-state index contributed by atoms with van der Waals surface area (Å²) in [5.41, 5.74) is 6.94. The van der Waals surface area contributed by atoms with E-state index in [-0.39, 0.29) is 39.0 Å². The van der Waals surface area contributed by atoms with Crippen LogP contribution in [0, 0.1) is 32.4 Å². The lowest BCUT2D eigenvalue weighted by molar-refractivity contribution is 0.0689. The first-order valence-corrected chi connectivity index (χ1v) is 23.7. The molecule has 14 rings (SSSR count). The number of hydrogen-bond acceptors (Lipinski definition) is 11. The Hall–Kier alpha value is -6.90. The molecule has 6 aliphatic carbocycles. The fourth-order valence-corrected chi connectivity index (χ4v) is 12.0. The van der Waals surface area contributed by atoms with E-state index >= 15 is 0 Å². The monoisotopic (exact) mass is 916 g/mol. The summed E-state index contributed by atoms with van der Waals surface area (Å²) in [6.07, 6.45) is 11.9. The highest BCUT2D eigenvalue weighted by molar-refractivity contribution is 5.63. The summed E-state index contributed by atoms with van der Waals surface area (Å²) in [4.78, 5) is 9.46. The summed E-state index contributed by atoms with van der Waals surface area (Å²) < 4.78 is 42.4. The van der Waals surface area contributed by atoms with Gasteiger partial charge in [0.25, 0.3) is 0 Å². The first kappa shape index (κ1) is 43.7. The fourth-order valence-electron chi connectivity index (χ4n) is 12.0. The van der Waals surface area contributed by atoms with Gasteiger partial charge in [-0.25, -0.2) is 8.78 Å². The van der Waals surface area contributed by atoms with Crippen molar-refractivity contribution in [2.75, 3.05) is 0 Å². The summed E-state index contributed by atoms with van der Waals surface area (Å²) in [6, 6.07) is 24.2. The third kappa shape index (κ3) is 7.32. The predicted octanol–water partition coefficient (Wildman–Crippen LogP) is 11.1. The zero-order chi connectivity index (χ0) is 47.0. The average Bonchev–Trinajstić information content (AvgIpc) is 4.20. The van der Waals surface area contributed by atoms with E-state index in [9.17, 15) is 13.9 Å². The van der Waals surface area contributed by atoms with E-state index in [1.807, 2.05) is 20.0 Å². The molecular formula is C53H54F2N10O3. The summed E-state index contributed by atoms with van der Waals surface area (Å²) >= 11 is 0. The lowest BCUT2D eigenvalue weighted by atomic mass is 9.53. The molecule has 68 heavy (non-hydrogen) atoms. The SMILES string of the molecule is Cc1cc(O)ccc1-c1nnc(C23CCC(c4nc(-c5ccc(F)cc5)no4)(CC2)CC3)n1C.Cc1ccc(-c2nnc(C34CCC(c5nc(-c6ccc(F)cc6)no5)(CC3)CC4)n2C)c(C)c1. The molecule has 6 aliphatic rings. The second-order valence-corrected chi connectivity index (χ2v) is 20.1. The van der Waals surface area contributed by atoms with Gasteiger partial charge in [-0.2, -0.15) is 9.97 Å².